The molecule has 1 saturated carbocycles. The highest BCUT2D eigenvalue weighted by Crippen LogP contribution is 2.47. The van der Waals surface area contributed by atoms with E-state index in [0.29, 0.717) is 0 Å². The molecule has 122 valence electrons. The van der Waals surface area contributed by atoms with Crippen LogP contribution in [0.1, 0.15) is 38.2 Å². The standard InChI is InChI=1S/C18H29N3O/c1-4-21-16(22)19-14-17(21)10-12-18(13-11-17,20(2)3)15-8-6-5-7-9-15/h5-9,16,19,22H,4,10-14H2,1-3H3/t16?,17-,18+. The first-order valence-corrected chi connectivity index (χ1v) is 8.45. The first-order chi connectivity index (χ1) is 10.5. The Morgan fingerprint density at radius 2 is 1.82 bits per heavy atom. The van der Waals surface area contributed by atoms with Crippen LogP contribution in [-0.2, 0) is 5.54 Å². The van der Waals surface area contributed by atoms with Gasteiger partial charge >= 0.3 is 0 Å². The maximum atomic E-state index is 10.2. The van der Waals surface area contributed by atoms with Crippen molar-refractivity contribution in [3.8, 4) is 0 Å². The molecule has 2 N–H and O–H groups in total. The third-order valence-corrected chi connectivity index (χ3v) is 6.03. The molecule has 1 spiro atoms. The Morgan fingerprint density at radius 1 is 1.18 bits per heavy atom. The first kappa shape index (κ1) is 15.9. The molecular weight excluding hydrogens is 274 g/mol. The van der Waals surface area contributed by atoms with Gasteiger partial charge in [0.1, 0.15) is 0 Å². The van der Waals surface area contributed by atoms with Gasteiger partial charge in [-0.05, 0) is 51.9 Å². The summed E-state index contributed by atoms with van der Waals surface area (Å²) in [7, 11) is 4.40. The van der Waals surface area contributed by atoms with Crippen molar-refractivity contribution in [2.24, 2.45) is 0 Å². The third-order valence-electron chi connectivity index (χ3n) is 6.03. The fraction of sp³-hybridized carbons (Fsp3) is 0.667. The number of hydrogen-bond donors (Lipinski definition) is 2. The van der Waals surface area contributed by atoms with Crippen LogP contribution in [-0.4, -0.2) is 54.0 Å². The molecule has 22 heavy (non-hydrogen) atoms. The van der Waals surface area contributed by atoms with Crippen molar-refractivity contribution in [3.63, 3.8) is 0 Å². The molecule has 3 rings (SSSR count). The van der Waals surface area contributed by atoms with Crippen molar-refractivity contribution in [2.45, 2.75) is 50.0 Å². The quantitative estimate of drug-likeness (QED) is 0.895. The fourth-order valence-corrected chi connectivity index (χ4v) is 4.60. The zero-order valence-corrected chi connectivity index (χ0v) is 14.0. The van der Waals surface area contributed by atoms with E-state index in [-0.39, 0.29) is 11.1 Å². The van der Waals surface area contributed by atoms with Gasteiger partial charge in [0, 0.05) is 17.6 Å². The summed E-state index contributed by atoms with van der Waals surface area (Å²) in [6.07, 6.45) is 4.04. The molecular formula is C18H29N3O. The normalized spacial score (nSPS) is 36.3. The van der Waals surface area contributed by atoms with Crippen molar-refractivity contribution in [3.05, 3.63) is 35.9 Å². The predicted molar refractivity (Wildman–Crippen MR) is 89.4 cm³/mol. The second-order valence-electron chi connectivity index (χ2n) is 7.06. The first-order valence-electron chi connectivity index (χ1n) is 8.45. The van der Waals surface area contributed by atoms with Crippen LogP contribution in [0.4, 0.5) is 0 Å². The van der Waals surface area contributed by atoms with Crippen molar-refractivity contribution < 1.29 is 5.11 Å². The van der Waals surface area contributed by atoms with Gasteiger partial charge in [0.05, 0.1) is 0 Å². The van der Waals surface area contributed by atoms with Crippen LogP contribution < -0.4 is 5.32 Å². The summed E-state index contributed by atoms with van der Waals surface area (Å²) in [5, 5.41) is 13.4. The zero-order valence-electron chi connectivity index (χ0n) is 14.0. The Balaban J connectivity index is 1.85. The number of hydrogen-bond acceptors (Lipinski definition) is 4. The average Bonchev–Trinajstić information content (AvgIpc) is 2.85. The van der Waals surface area contributed by atoms with Gasteiger partial charge in [-0.3, -0.25) is 15.1 Å². The summed E-state index contributed by atoms with van der Waals surface area (Å²) in [4.78, 5) is 4.64. The van der Waals surface area contributed by atoms with Crippen LogP contribution in [0.15, 0.2) is 30.3 Å². The second kappa shape index (κ2) is 5.93. The number of likely N-dealkylation sites (N-methyl/N-ethyl adjacent to an activating group) is 1. The average molecular weight is 303 g/mol. The summed E-state index contributed by atoms with van der Waals surface area (Å²) in [5.41, 5.74) is 1.67. The lowest BCUT2D eigenvalue weighted by Gasteiger charge is -2.51. The van der Waals surface area contributed by atoms with Crippen molar-refractivity contribution in [1.82, 2.24) is 15.1 Å². The SMILES string of the molecule is CCN1C(O)NC[C@]12CC[C@](c1ccccc1)(N(C)C)CC2. The van der Waals surface area contributed by atoms with Crippen LogP contribution in [0.2, 0.25) is 0 Å². The van der Waals surface area contributed by atoms with Crippen LogP contribution >= 0.6 is 0 Å². The lowest BCUT2D eigenvalue weighted by atomic mass is 9.68. The van der Waals surface area contributed by atoms with Gasteiger partial charge in [0.25, 0.3) is 0 Å². The molecule has 2 aliphatic rings. The summed E-state index contributed by atoms with van der Waals surface area (Å²) >= 11 is 0. The summed E-state index contributed by atoms with van der Waals surface area (Å²) in [5.74, 6) is 0. The van der Waals surface area contributed by atoms with E-state index in [2.05, 4.69) is 66.5 Å². The van der Waals surface area contributed by atoms with E-state index < -0.39 is 6.35 Å². The third kappa shape index (κ3) is 2.38. The Bertz CT molecular complexity index is 494. The number of nitrogens with zero attached hydrogens (tertiary/aromatic N) is 2. The van der Waals surface area contributed by atoms with Crippen molar-refractivity contribution in [2.75, 3.05) is 27.2 Å². The van der Waals surface area contributed by atoms with Crippen LogP contribution in [0, 0.1) is 0 Å². The van der Waals surface area contributed by atoms with Gasteiger partial charge < -0.3 is 5.11 Å². The van der Waals surface area contributed by atoms with Crippen LogP contribution in [0.5, 0.6) is 0 Å². The van der Waals surface area contributed by atoms with E-state index in [0.717, 1.165) is 38.8 Å². The van der Waals surface area contributed by atoms with Crippen LogP contribution in [0.25, 0.3) is 0 Å². The number of nitrogens with one attached hydrogen (secondary N) is 1. The highest BCUT2D eigenvalue weighted by molar-refractivity contribution is 5.26. The molecule has 1 heterocycles. The highest BCUT2D eigenvalue weighted by Gasteiger charge is 2.51. The molecule has 1 aliphatic carbocycles. The van der Waals surface area contributed by atoms with Gasteiger partial charge in [-0.1, -0.05) is 37.3 Å². The van der Waals surface area contributed by atoms with Crippen molar-refractivity contribution >= 4 is 0 Å². The minimum atomic E-state index is -0.478. The van der Waals surface area contributed by atoms with E-state index in [1.54, 1.807) is 0 Å². The van der Waals surface area contributed by atoms with E-state index in [9.17, 15) is 5.11 Å². The molecule has 0 aromatic heterocycles. The number of aliphatic hydroxyl groups is 1. The summed E-state index contributed by atoms with van der Waals surface area (Å²) in [6, 6.07) is 10.9. The Labute approximate surface area is 134 Å². The molecule has 4 nitrogen and oxygen atoms in total. The van der Waals surface area contributed by atoms with E-state index >= 15 is 0 Å². The summed E-state index contributed by atoms with van der Waals surface area (Å²) < 4.78 is 0. The monoisotopic (exact) mass is 303 g/mol. The molecule has 1 atom stereocenters. The van der Waals surface area contributed by atoms with Gasteiger partial charge in [0.2, 0.25) is 0 Å². The molecule has 1 aromatic rings. The fourth-order valence-electron chi connectivity index (χ4n) is 4.60. The lowest BCUT2D eigenvalue weighted by Crippen LogP contribution is -2.56. The topological polar surface area (TPSA) is 38.7 Å². The second-order valence-corrected chi connectivity index (χ2v) is 7.06. The van der Waals surface area contributed by atoms with Gasteiger partial charge in [-0.15, -0.1) is 0 Å². The highest BCUT2D eigenvalue weighted by atomic mass is 16.3. The van der Waals surface area contributed by atoms with Gasteiger partial charge in [0.15, 0.2) is 6.35 Å². The maximum absolute atomic E-state index is 10.2. The Kier molecular flexibility index (Phi) is 4.29. The Morgan fingerprint density at radius 3 is 2.36 bits per heavy atom. The number of aliphatic hydroxyl groups excluding tert-OH is 1. The van der Waals surface area contributed by atoms with E-state index in [1.165, 1.54) is 5.56 Å². The molecule has 0 radical (unpaired) electrons. The zero-order chi connectivity index (χ0) is 15.8. The molecule has 2 fully saturated rings. The molecule has 1 saturated heterocycles. The predicted octanol–water partition coefficient (Wildman–Crippen LogP) is 1.96. The molecule has 0 amide bonds. The van der Waals surface area contributed by atoms with E-state index in [4.69, 9.17) is 0 Å². The van der Waals surface area contributed by atoms with Crippen LogP contribution in [0.3, 0.4) is 0 Å². The van der Waals surface area contributed by atoms with Gasteiger partial charge in [-0.25, -0.2) is 0 Å². The maximum Gasteiger partial charge on any atom is 0.163 e. The largest absolute Gasteiger partial charge is 0.365 e. The smallest absolute Gasteiger partial charge is 0.163 e. The summed E-state index contributed by atoms with van der Waals surface area (Å²) in [6.45, 7) is 3.94. The van der Waals surface area contributed by atoms with E-state index in [1.807, 2.05) is 0 Å². The lowest BCUT2D eigenvalue weighted by molar-refractivity contribution is -0.0552. The molecule has 1 aliphatic heterocycles. The minimum absolute atomic E-state index is 0.124. The number of rotatable bonds is 3. The van der Waals surface area contributed by atoms with Gasteiger partial charge in [-0.2, -0.15) is 0 Å². The molecule has 0 bridgehead atoms. The van der Waals surface area contributed by atoms with Crippen molar-refractivity contribution in [1.29, 1.82) is 0 Å². The molecule has 4 heteroatoms. The minimum Gasteiger partial charge on any atom is -0.365 e. The molecule has 1 unspecified atom stereocenters. The molecule has 1 aromatic carbocycles. The number of benzene rings is 1. The Hall–Kier alpha value is -0.940.